The van der Waals surface area contributed by atoms with E-state index in [9.17, 15) is 0 Å². The number of nitrogens with zero attached hydrogens (tertiary/aromatic N) is 1. The van der Waals surface area contributed by atoms with Gasteiger partial charge in [0.1, 0.15) is 12.4 Å². The average Bonchev–Trinajstić information content (AvgIpc) is 2.81. The molecule has 0 fully saturated rings. The first-order valence-electron chi connectivity index (χ1n) is 6.89. The number of benzene rings is 2. The Morgan fingerprint density at radius 1 is 1.20 bits per heavy atom. The van der Waals surface area contributed by atoms with Gasteiger partial charge in [0, 0.05) is 11.1 Å². The molecule has 0 amide bonds. The molecule has 0 unspecified atom stereocenters. The molecule has 1 heterocycles. The van der Waals surface area contributed by atoms with Crippen LogP contribution in [0.4, 0.5) is 0 Å². The summed E-state index contributed by atoms with van der Waals surface area (Å²) in [5.41, 5.74) is 1.84. The third kappa shape index (κ3) is 2.13. The molecule has 2 N–H and O–H groups in total. The molecule has 0 aromatic heterocycles. The summed E-state index contributed by atoms with van der Waals surface area (Å²) < 4.78 is 0. The fraction of sp³-hybridized carbons (Fsp3) is 0.250. The van der Waals surface area contributed by atoms with Crippen LogP contribution >= 0.6 is 0 Å². The van der Waals surface area contributed by atoms with Crippen molar-refractivity contribution in [2.24, 2.45) is 5.16 Å². The highest BCUT2D eigenvalue weighted by Gasteiger charge is 2.25. The molecule has 102 valence electrons. The van der Waals surface area contributed by atoms with Crippen LogP contribution in [0.25, 0.3) is 10.8 Å². The van der Waals surface area contributed by atoms with Crippen LogP contribution in [0, 0.1) is 5.41 Å². The first-order valence-corrected chi connectivity index (χ1v) is 6.89. The summed E-state index contributed by atoms with van der Waals surface area (Å²) in [7, 11) is 0. The second-order valence-corrected chi connectivity index (χ2v) is 4.84. The van der Waals surface area contributed by atoms with E-state index in [1.54, 1.807) is 0 Å². The van der Waals surface area contributed by atoms with E-state index < -0.39 is 0 Å². The number of rotatable bonds is 4. The Balaban J connectivity index is 2.03. The highest BCUT2D eigenvalue weighted by molar-refractivity contribution is 6.28. The summed E-state index contributed by atoms with van der Waals surface area (Å²) >= 11 is 0. The number of hydrogen-bond donors (Lipinski definition) is 2. The van der Waals surface area contributed by atoms with E-state index in [1.165, 1.54) is 0 Å². The molecule has 0 atom stereocenters. The van der Waals surface area contributed by atoms with Crippen LogP contribution in [0.1, 0.15) is 30.9 Å². The molecule has 1 aliphatic rings. The van der Waals surface area contributed by atoms with E-state index >= 15 is 0 Å². The van der Waals surface area contributed by atoms with Gasteiger partial charge in [0.05, 0.1) is 0 Å². The van der Waals surface area contributed by atoms with Gasteiger partial charge in [-0.3, -0.25) is 5.41 Å². The summed E-state index contributed by atoms with van der Waals surface area (Å²) in [4.78, 5) is 5.34. The Hall–Kier alpha value is -2.36. The van der Waals surface area contributed by atoms with Crippen molar-refractivity contribution in [3.8, 4) is 0 Å². The van der Waals surface area contributed by atoms with Crippen molar-refractivity contribution < 1.29 is 4.84 Å². The molecule has 2 aromatic rings. The molecule has 4 nitrogen and oxygen atoms in total. The largest absolute Gasteiger partial charge is 0.394 e. The Bertz CT molecular complexity index is 691. The maximum absolute atomic E-state index is 8.01. The second kappa shape index (κ2) is 5.33. The molecule has 4 heteroatoms. The quantitative estimate of drug-likeness (QED) is 0.660. The van der Waals surface area contributed by atoms with E-state index in [0.29, 0.717) is 18.3 Å². The van der Waals surface area contributed by atoms with Crippen LogP contribution in [0.2, 0.25) is 0 Å². The zero-order chi connectivity index (χ0) is 13.9. The summed E-state index contributed by atoms with van der Waals surface area (Å²) in [5.74, 6) is 1.02. The number of fused-ring (bicyclic) bond motifs is 3. The first-order chi connectivity index (χ1) is 9.81. The van der Waals surface area contributed by atoms with Gasteiger partial charge in [0.15, 0.2) is 5.84 Å². The third-order valence-electron chi connectivity index (χ3n) is 3.42. The van der Waals surface area contributed by atoms with E-state index in [0.717, 1.165) is 34.7 Å². The van der Waals surface area contributed by atoms with Crippen LogP contribution in [0.3, 0.4) is 0 Å². The predicted molar refractivity (Wildman–Crippen MR) is 81.3 cm³/mol. The van der Waals surface area contributed by atoms with Gasteiger partial charge in [-0.05, 0) is 23.3 Å². The number of unbranched alkanes of at least 4 members (excludes halogenated alkanes) is 1. The zero-order valence-corrected chi connectivity index (χ0v) is 11.4. The molecule has 1 aliphatic heterocycles. The SMILES string of the molecule is CCCCON=C1NC(=N)c2ccc3ccccc3c21. The Labute approximate surface area is 117 Å². The molecule has 20 heavy (non-hydrogen) atoms. The van der Waals surface area contributed by atoms with Gasteiger partial charge >= 0.3 is 0 Å². The normalized spacial score (nSPS) is 15.4. The monoisotopic (exact) mass is 267 g/mol. The van der Waals surface area contributed by atoms with Gasteiger partial charge in [0.2, 0.25) is 0 Å². The smallest absolute Gasteiger partial charge is 0.179 e. The highest BCUT2D eigenvalue weighted by Crippen LogP contribution is 2.26. The van der Waals surface area contributed by atoms with E-state index in [1.807, 2.05) is 24.3 Å². The molecule has 0 saturated carbocycles. The summed E-state index contributed by atoms with van der Waals surface area (Å²) in [6, 6.07) is 12.1. The van der Waals surface area contributed by atoms with Crippen molar-refractivity contribution in [3.05, 3.63) is 47.5 Å². The topological polar surface area (TPSA) is 57.5 Å². The fourth-order valence-corrected chi connectivity index (χ4v) is 2.37. The molecule has 3 rings (SSSR count). The van der Waals surface area contributed by atoms with Crippen LogP contribution in [-0.2, 0) is 4.84 Å². The number of amidine groups is 2. The molecule has 0 aliphatic carbocycles. The highest BCUT2D eigenvalue weighted by atomic mass is 16.6. The zero-order valence-electron chi connectivity index (χ0n) is 11.4. The van der Waals surface area contributed by atoms with Crippen molar-refractivity contribution in [2.75, 3.05) is 6.61 Å². The summed E-state index contributed by atoms with van der Waals surface area (Å²) in [5, 5.41) is 17.4. The van der Waals surface area contributed by atoms with Crippen LogP contribution in [0.15, 0.2) is 41.6 Å². The van der Waals surface area contributed by atoms with E-state index in [4.69, 9.17) is 10.2 Å². The van der Waals surface area contributed by atoms with Crippen LogP contribution in [0.5, 0.6) is 0 Å². The van der Waals surface area contributed by atoms with Crippen LogP contribution < -0.4 is 5.32 Å². The lowest BCUT2D eigenvalue weighted by atomic mass is 10.0. The van der Waals surface area contributed by atoms with Crippen molar-refractivity contribution in [1.29, 1.82) is 5.41 Å². The third-order valence-corrected chi connectivity index (χ3v) is 3.42. The Morgan fingerprint density at radius 3 is 2.90 bits per heavy atom. The van der Waals surface area contributed by atoms with Gasteiger partial charge in [-0.15, -0.1) is 0 Å². The molecular weight excluding hydrogens is 250 g/mol. The number of nitrogens with one attached hydrogen (secondary N) is 2. The minimum Gasteiger partial charge on any atom is -0.394 e. The van der Waals surface area contributed by atoms with Crippen molar-refractivity contribution in [3.63, 3.8) is 0 Å². The van der Waals surface area contributed by atoms with Crippen molar-refractivity contribution >= 4 is 22.4 Å². The number of oxime groups is 1. The molecule has 0 spiro atoms. The Morgan fingerprint density at radius 2 is 2.05 bits per heavy atom. The lowest BCUT2D eigenvalue weighted by Crippen LogP contribution is -2.21. The molecular formula is C16H17N3O. The summed E-state index contributed by atoms with van der Waals surface area (Å²) in [6.45, 7) is 2.72. The minimum absolute atomic E-state index is 0.378. The van der Waals surface area contributed by atoms with Gasteiger partial charge in [-0.1, -0.05) is 48.8 Å². The minimum atomic E-state index is 0.378. The maximum Gasteiger partial charge on any atom is 0.179 e. The molecule has 0 bridgehead atoms. The van der Waals surface area contributed by atoms with Gasteiger partial charge in [0.25, 0.3) is 0 Å². The number of hydrogen-bond acceptors (Lipinski definition) is 3. The molecule has 0 saturated heterocycles. The average molecular weight is 267 g/mol. The standard InChI is InChI=1S/C16H17N3O/c1-2-3-10-20-19-16-14-12-7-5-4-6-11(12)8-9-13(14)15(17)18-16/h4-9H,2-3,10H2,1H3,(H2,17,18,19). The first kappa shape index (κ1) is 12.7. The van der Waals surface area contributed by atoms with Crippen molar-refractivity contribution in [2.45, 2.75) is 19.8 Å². The lowest BCUT2D eigenvalue weighted by molar-refractivity contribution is 0.141. The van der Waals surface area contributed by atoms with Gasteiger partial charge < -0.3 is 10.2 Å². The molecule has 2 aromatic carbocycles. The molecule has 0 radical (unpaired) electrons. The lowest BCUT2D eigenvalue weighted by Gasteiger charge is -2.04. The summed E-state index contributed by atoms with van der Waals surface area (Å²) in [6.07, 6.45) is 2.06. The second-order valence-electron chi connectivity index (χ2n) is 4.84. The fourth-order valence-electron chi connectivity index (χ4n) is 2.37. The van der Waals surface area contributed by atoms with Crippen LogP contribution in [-0.4, -0.2) is 18.3 Å². The Kier molecular flexibility index (Phi) is 3.37. The van der Waals surface area contributed by atoms with Gasteiger partial charge in [-0.2, -0.15) is 0 Å². The van der Waals surface area contributed by atoms with Crippen molar-refractivity contribution in [1.82, 2.24) is 5.32 Å². The predicted octanol–water partition coefficient (Wildman–Crippen LogP) is 3.25. The maximum atomic E-state index is 8.01. The van der Waals surface area contributed by atoms with Gasteiger partial charge in [-0.25, -0.2) is 0 Å². The van der Waals surface area contributed by atoms with E-state index in [-0.39, 0.29) is 0 Å². The van der Waals surface area contributed by atoms with E-state index in [2.05, 4.69) is 29.5 Å².